The topological polar surface area (TPSA) is 108 Å². The van der Waals surface area contributed by atoms with E-state index in [0.717, 1.165) is 18.5 Å². The van der Waals surface area contributed by atoms with Crippen molar-refractivity contribution in [3.05, 3.63) is 11.9 Å². The highest BCUT2D eigenvalue weighted by molar-refractivity contribution is 7.70. The average molecular weight is 343 g/mol. The first-order valence-corrected chi connectivity index (χ1v) is 8.80. The fourth-order valence-corrected chi connectivity index (χ4v) is 4.66. The maximum Gasteiger partial charge on any atom is 0.241 e. The highest BCUT2D eigenvalue weighted by atomic mass is 32.2. The predicted molar refractivity (Wildman–Crippen MR) is 80.7 cm³/mol. The van der Waals surface area contributed by atoms with Gasteiger partial charge in [0.15, 0.2) is 0 Å². The van der Waals surface area contributed by atoms with Crippen molar-refractivity contribution in [1.29, 1.82) is 0 Å². The van der Waals surface area contributed by atoms with E-state index >= 15 is 0 Å². The first-order valence-electron chi connectivity index (χ1n) is 7.67. The number of methoxy groups -OCH3 is 1. The predicted octanol–water partition coefficient (Wildman–Crippen LogP) is -0.841. The number of amides is 1. The summed E-state index contributed by atoms with van der Waals surface area (Å²) in [6.45, 7) is 1.23. The van der Waals surface area contributed by atoms with E-state index < -0.39 is 16.9 Å². The van der Waals surface area contributed by atoms with Crippen LogP contribution in [0.15, 0.2) is 6.20 Å². The lowest BCUT2D eigenvalue weighted by molar-refractivity contribution is -0.135. The fraction of sp³-hybridized carbons (Fsp3) is 0.769. The second kappa shape index (κ2) is 6.93. The van der Waals surface area contributed by atoms with Crippen molar-refractivity contribution < 1.29 is 17.9 Å². The van der Waals surface area contributed by atoms with Crippen LogP contribution in [0, 0.1) is 5.92 Å². The van der Waals surface area contributed by atoms with Crippen LogP contribution in [0.1, 0.15) is 25.0 Å². The number of piperidine rings is 1. The molecule has 2 saturated heterocycles. The molecule has 3 atom stereocenters. The second-order valence-electron chi connectivity index (χ2n) is 6.05. The zero-order valence-electron chi connectivity index (χ0n) is 12.9. The third kappa shape index (κ3) is 3.24. The Balaban J connectivity index is 1.92. The molecule has 23 heavy (non-hydrogen) atoms. The van der Waals surface area contributed by atoms with Gasteiger partial charge in [-0.05, 0) is 19.3 Å². The van der Waals surface area contributed by atoms with Gasteiger partial charge in [-0.1, -0.05) is 5.21 Å². The smallest absolute Gasteiger partial charge is 0.241 e. The average Bonchev–Trinajstić information content (AvgIpc) is 3.03. The molecular formula is C13H21N5O4S. The zero-order chi connectivity index (χ0) is 16.4. The molecule has 0 aliphatic carbocycles. The van der Waals surface area contributed by atoms with E-state index in [-0.39, 0.29) is 17.9 Å². The number of fused-ring (bicyclic) bond motifs is 2. The Labute approximate surface area is 136 Å². The van der Waals surface area contributed by atoms with Crippen LogP contribution in [0.5, 0.6) is 0 Å². The minimum atomic E-state index is -2.80. The first-order chi connectivity index (χ1) is 11.1. The van der Waals surface area contributed by atoms with Gasteiger partial charge in [0.1, 0.15) is 6.04 Å². The van der Waals surface area contributed by atoms with Gasteiger partial charge in [-0.2, -0.15) is 4.31 Å². The number of aromatic nitrogens is 3. The maximum absolute atomic E-state index is 12.9. The molecule has 0 saturated carbocycles. The highest BCUT2D eigenvalue weighted by Gasteiger charge is 2.46. The fourth-order valence-electron chi connectivity index (χ4n) is 3.67. The molecule has 1 N–H and O–H groups in total. The van der Waals surface area contributed by atoms with Gasteiger partial charge < -0.3 is 9.64 Å². The SMILES string of the molecule is COC[C@H]1CN(Cc2cnn[nH]2)C(=O)C2CCC[C@@H]1N2[SH](=O)=O. The molecule has 2 bridgehead atoms. The van der Waals surface area contributed by atoms with Gasteiger partial charge in [-0.25, -0.2) is 8.42 Å². The number of aromatic amines is 1. The number of hydrogen-bond acceptors (Lipinski definition) is 6. The molecular weight excluding hydrogens is 322 g/mol. The molecule has 1 aromatic heterocycles. The van der Waals surface area contributed by atoms with Gasteiger partial charge in [0.25, 0.3) is 0 Å². The van der Waals surface area contributed by atoms with E-state index in [4.69, 9.17) is 4.74 Å². The van der Waals surface area contributed by atoms with Gasteiger partial charge in [0.05, 0.1) is 25.0 Å². The number of nitrogens with zero attached hydrogens (tertiary/aromatic N) is 4. The third-order valence-corrected chi connectivity index (χ3v) is 5.58. The molecule has 1 amide bonds. The molecule has 128 valence electrons. The summed E-state index contributed by atoms with van der Waals surface area (Å²) in [5.74, 6) is -0.194. The third-order valence-electron chi connectivity index (χ3n) is 4.63. The molecule has 10 heteroatoms. The Morgan fingerprint density at radius 1 is 1.43 bits per heavy atom. The minimum absolute atomic E-state index is 0.0435. The van der Waals surface area contributed by atoms with Crippen LogP contribution >= 0.6 is 0 Å². The summed E-state index contributed by atoms with van der Waals surface area (Å²) in [4.78, 5) is 14.6. The Bertz CT molecular complexity index is 612. The molecule has 2 fully saturated rings. The molecule has 2 aliphatic heterocycles. The van der Waals surface area contributed by atoms with Gasteiger partial charge in [0.2, 0.25) is 16.8 Å². The van der Waals surface area contributed by atoms with Gasteiger partial charge >= 0.3 is 0 Å². The highest BCUT2D eigenvalue weighted by Crippen LogP contribution is 2.33. The summed E-state index contributed by atoms with van der Waals surface area (Å²) in [5.41, 5.74) is 0.726. The standard InChI is InChI=1S/C13H21N5O4S/c1-22-8-9-6-17(7-10-5-14-16-15-10)13(19)12-4-2-3-11(9)18(12)23(20)21/h5,9,11-12,23H,2-4,6-8H2,1H3,(H,14,15,16)/t9-,11+,12?/m1/s1. The Morgan fingerprint density at radius 3 is 2.91 bits per heavy atom. The summed E-state index contributed by atoms with van der Waals surface area (Å²) < 4.78 is 30.2. The van der Waals surface area contributed by atoms with Crippen LogP contribution in [0.25, 0.3) is 0 Å². The summed E-state index contributed by atoms with van der Waals surface area (Å²) >= 11 is 0. The van der Waals surface area contributed by atoms with E-state index in [2.05, 4.69) is 15.4 Å². The lowest BCUT2D eigenvalue weighted by atomic mass is 9.91. The quantitative estimate of drug-likeness (QED) is 0.675. The number of rotatable bonds is 5. The molecule has 0 spiro atoms. The van der Waals surface area contributed by atoms with Crippen LogP contribution in [-0.2, 0) is 27.0 Å². The first kappa shape index (κ1) is 16.3. The number of carbonyl (C=O) groups excluding carboxylic acids is 1. The van der Waals surface area contributed by atoms with E-state index in [1.807, 2.05) is 0 Å². The van der Waals surface area contributed by atoms with Crippen molar-refractivity contribution in [3.63, 3.8) is 0 Å². The molecule has 1 aromatic rings. The summed E-state index contributed by atoms with van der Waals surface area (Å²) in [6.07, 6.45) is 3.75. The lowest BCUT2D eigenvalue weighted by Gasteiger charge is -2.37. The molecule has 3 heterocycles. The number of nitrogens with one attached hydrogen (secondary N) is 1. The van der Waals surface area contributed by atoms with Crippen molar-refractivity contribution in [2.24, 2.45) is 5.92 Å². The lowest BCUT2D eigenvalue weighted by Crippen LogP contribution is -2.51. The van der Waals surface area contributed by atoms with E-state index in [0.29, 0.717) is 26.1 Å². The molecule has 9 nitrogen and oxygen atoms in total. The number of thiol groups is 1. The van der Waals surface area contributed by atoms with Gasteiger partial charge in [0, 0.05) is 25.6 Å². The van der Waals surface area contributed by atoms with Crippen molar-refractivity contribution in [1.82, 2.24) is 24.6 Å². The van der Waals surface area contributed by atoms with Crippen molar-refractivity contribution in [3.8, 4) is 0 Å². The maximum atomic E-state index is 12.9. The van der Waals surface area contributed by atoms with Crippen LogP contribution in [0.4, 0.5) is 0 Å². The Hall–Kier alpha value is -1.52. The van der Waals surface area contributed by atoms with Gasteiger partial charge in [-0.15, -0.1) is 5.10 Å². The second-order valence-corrected chi connectivity index (χ2v) is 6.99. The van der Waals surface area contributed by atoms with E-state index in [1.165, 1.54) is 4.31 Å². The molecule has 2 aliphatic rings. The normalized spacial score (nSPS) is 29.0. The van der Waals surface area contributed by atoms with Crippen LogP contribution in [0.3, 0.4) is 0 Å². The number of carbonyl (C=O) groups is 1. The van der Waals surface area contributed by atoms with Crippen molar-refractivity contribution >= 4 is 16.8 Å². The van der Waals surface area contributed by atoms with E-state index in [9.17, 15) is 13.2 Å². The number of H-pyrrole nitrogens is 1. The Morgan fingerprint density at radius 2 is 2.26 bits per heavy atom. The van der Waals surface area contributed by atoms with Crippen LogP contribution in [-0.4, -0.2) is 71.3 Å². The van der Waals surface area contributed by atoms with Crippen LogP contribution < -0.4 is 0 Å². The molecule has 3 rings (SSSR count). The minimum Gasteiger partial charge on any atom is -0.384 e. The summed E-state index contributed by atoms with van der Waals surface area (Å²) in [5, 5.41) is 10.1. The van der Waals surface area contributed by atoms with E-state index in [1.54, 1.807) is 18.2 Å². The zero-order valence-corrected chi connectivity index (χ0v) is 13.8. The monoisotopic (exact) mass is 343 g/mol. The van der Waals surface area contributed by atoms with Crippen LogP contribution in [0.2, 0.25) is 0 Å². The van der Waals surface area contributed by atoms with Crippen molar-refractivity contribution in [2.45, 2.75) is 37.9 Å². The summed E-state index contributed by atoms with van der Waals surface area (Å²) in [6, 6.07) is -0.781. The Kier molecular flexibility index (Phi) is 4.93. The number of hydrogen-bond donors (Lipinski definition) is 2. The number of ether oxygens (including phenoxy) is 1. The van der Waals surface area contributed by atoms with Gasteiger partial charge in [-0.3, -0.25) is 9.89 Å². The molecule has 0 radical (unpaired) electrons. The molecule has 1 unspecified atom stereocenters. The van der Waals surface area contributed by atoms with Crippen molar-refractivity contribution in [2.75, 3.05) is 20.3 Å². The summed E-state index contributed by atoms with van der Waals surface area (Å²) in [7, 11) is -1.21. The largest absolute Gasteiger partial charge is 0.384 e. The molecule has 0 aromatic carbocycles.